The first kappa shape index (κ1) is 20.0. The molecule has 0 aromatic heterocycles. The van der Waals surface area contributed by atoms with Crippen LogP contribution in [0.15, 0.2) is 18.2 Å². The molecular formula is C18H28N2O4. The molecule has 0 fully saturated rings. The number of ether oxygens (including phenoxy) is 2. The number of rotatable bonds is 9. The zero-order valence-corrected chi connectivity index (χ0v) is 15.0. The number of carbonyl (C=O) groups excluding carboxylic acids is 2. The zero-order chi connectivity index (χ0) is 18.1. The van der Waals surface area contributed by atoms with Crippen LogP contribution in [0.3, 0.4) is 0 Å². The molecule has 1 aromatic rings. The highest BCUT2D eigenvalue weighted by molar-refractivity contribution is 6.06. The van der Waals surface area contributed by atoms with Crippen LogP contribution >= 0.6 is 0 Å². The molecule has 0 aliphatic heterocycles. The number of hydrogen-bond acceptors (Lipinski definition) is 6. The smallest absolute Gasteiger partial charge is 0.341 e. The normalized spacial score (nSPS) is 10.9. The minimum Gasteiger partial charge on any atom is -0.462 e. The van der Waals surface area contributed by atoms with Crippen molar-refractivity contribution in [1.82, 2.24) is 4.90 Å². The lowest BCUT2D eigenvalue weighted by Crippen LogP contribution is -2.28. The van der Waals surface area contributed by atoms with Crippen molar-refractivity contribution >= 4 is 17.6 Å². The summed E-state index contributed by atoms with van der Waals surface area (Å²) in [7, 11) is 0. The number of nitrogens with two attached hydrogens (primary N) is 1. The first-order chi connectivity index (χ1) is 11.4. The van der Waals surface area contributed by atoms with Crippen LogP contribution in [0, 0.1) is 5.92 Å². The summed E-state index contributed by atoms with van der Waals surface area (Å²) in [5, 5.41) is 0. The van der Waals surface area contributed by atoms with E-state index in [2.05, 4.69) is 4.90 Å². The highest BCUT2D eigenvalue weighted by Crippen LogP contribution is 2.19. The Morgan fingerprint density at radius 2 is 1.79 bits per heavy atom. The molecule has 1 rings (SSSR count). The highest BCUT2D eigenvalue weighted by atomic mass is 16.5. The third kappa shape index (κ3) is 5.85. The summed E-state index contributed by atoms with van der Waals surface area (Å²) in [6.07, 6.45) is 0. The molecule has 0 aliphatic carbocycles. The Bertz CT molecular complexity index is 554. The van der Waals surface area contributed by atoms with E-state index in [9.17, 15) is 9.59 Å². The summed E-state index contributed by atoms with van der Waals surface area (Å²) in [4.78, 5) is 26.7. The summed E-state index contributed by atoms with van der Waals surface area (Å²) in [6, 6.07) is 4.72. The maximum absolute atomic E-state index is 12.4. The second-order valence-electron chi connectivity index (χ2n) is 5.92. The second kappa shape index (κ2) is 9.93. The van der Waals surface area contributed by atoms with Gasteiger partial charge in [-0.3, -0.25) is 0 Å². The van der Waals surface area contributed by atoms with Crippen molar-refractivity contribution in [2.24, 2.45) is 5.92 Å². The Kier molecular flexibility index (Phi) is 8.26. The third-order valence-electron chi connectivity index (χ3n) is 3.60. The fraction of sp³-hybridized carbons (Fsp3) is 0.556. The molecule has 0 aliphatic rings. The van der Waals surface area contributed by atoms with Crippen LogP contribution < -0.4 is 5.73 Å². The molecule has 0 bridgehead atoms. The lowest BCUT2D eigenvalue weighted by molar-refractivity contribution is 0.0417. The van der Waals surface area contributed by atoms with E-state index in [-0.39, 0.29) is 35.9 Å². The highest BCUT2D eigenvalue weighted by Gasteiger charge is 2.22. The zero-order valence-electron chi connectivity index (χ0n) is 15.0. The van der Waals surface area contributed by atoms with Crippen LogP contribution in [-0.4, -0.2) is 49.7 Å². The molecule has 0 heterocycles. The van der Waals surface area contributed by atoms with E-state index >= 15 is 0 Å². The van der Waals surface area contributed by atoms with Crippen LogP contribution in [0.5, 0.6) is 0 Å². The monoisotopic (exact) mass is 336 g/mol. The van der Waals surface area contributed by atoms with Crippen molar-refractivity contribution in [1.29, 1.82) is 0 Å². The first-order valence-corrected chi connectivity index (χ1v) is 8.35. The van der Waals surface area contributed by atoms with Gasteiger partial charge in [0.05, 0.1) is 17.7 Å². The van der Waals surface area contributed by atoms with Crippen molar-refractivity contribution in [2.45, 2.75) is 27.7 Å². The standard InChI is InChI=1S/C18H28N2O4/c1-5-20(6-2)10-11-23-18(22)16-14(8-7-9-15(16)19)17(21)24-12-13(3)4/h7-9,13H,5-6,10-12,19H2,1-4H3. The summed E-state index contributed by atoms with van der Waals surface area (Å²) >= 11 is 0. The number of nitrogen functional groups attached to an aromatic ring is 1. The number of esters is 2. The molecule has 0 amide bonds. The van der Waals surface area contributed by atoms with Crippen LogP contribution in [-0.2, 0) is 9.47 Å². The molecule has 24 heavy (non-hydrogen) atoms. The SMILES string of the molecule is CCN(CC)CCOC(=O)c1c(N)cccc1C(=O)OCC(C)C. The van der Waals surface area contributed by atoms with Gasteiger partial charge in [-0.15, -0.1) is 0 Å². The van der Waals surface area contributed by atoms with Crippen LogP contribution in [0.4, 0.5) is 5.69 Å². The molecule has 0 spiro atoms. The van der Waals surface area contributed by atoms with Crippen LogP contribution in [0.1, 0.15) is 48.4 Å². The van der Waals surface area contributed by atoms with Crippen molar-refractivity contribution in [2.75, 3.05) is 38.6 Å². The van der Waals surface area contributed by atoms with E-state index in [1.165, 1.54) is 6.07 Å². The molecule has 0 atom stereocenters. The number of likely N-dealkylation sites (N-methyl/N-ethyl adjacent to an activating group) is 1. The third-order valence-corrected chi connectivity index (χ3v) is 3.60. The molecule has 0 saturated heterocycles. The predicted molar refractivity (Wildman–Crippen MR) is 94.0 cm³/mol. The number of nitrogens with zero attached hydrogens (tertiary/aromatic N) is 1. The van der Waals surface area contributed by atoms with E-state index in [1.807, 2.05) is 27.7 Å². The second-order valence-corrected chi connectivity index (χ2v) is 5.92. The summed E-state index contributed by atoms with van der Waals surface area (Å²) < 4.78 is 10.5. The van der Waals surface area contributed by atoms with E-state index in [1.54, 1.807) is 12.1 Å². The minimum atomic E-state index is -0.600. The van der Waals surface area contributed by atoms with Crippen molar-refractivity contribution in [3.05, 3.63) is 29.3 Å². The summed E-state index contributed by atoms with van der Waals surface area (Å²) in [5.74, 6) is -0.956. The molecule has 0 unspecified atom stereocenters. The van der Waals surface area contributed by atoms with Gasteiger partial charge in [0.25, 0.3) is 0 Å². The molecule has 6 heteroatoms. The molecule has 134 valence electrons. The molecule has 6 nitrogen and oxygen atoms in total. The molecule has 0 saturated carbocycles. The average molecular weight is 336 g/mol. The van der Waals surface area contributed by atoms with Gasteiger partial charge in [0.15, 0.2) is 0 Å². The topological polar surface area (TPSA) is 81.9 Å². The number of hydrogen-bond donors (Lipinski definition) is 1. The van der Waals surface area contributed by atoms with Gasteiger partial charge in [-0.1, -0.05) is 33.8 Å². The predicted octanol–water partition coefficient (Wildman–Crippen LogP) is 2.58. The first-order valence-electron chi connectivity index (χ1n) is 8.35. The maximum atomic E-state index is 12.4. The van der Waals surface area contributed by atoms with Gasteiger partial charge in [-0.05, 0) is 31.1 Å². The van der Waals surface area contributed by atoms with Gasteiger partial charge in [0, 0.05) is 12.2 Å². The lowest BCUT2D eigenvalue weighted by Gasteiger charge is -2.18. The summed E-state index contributed by atoms with van der Waals surface area (Å²) in [6.45, 7) is 10.9. The van der Waals surface area contributed by atoms with E-state index in [4.69, 9.17) is 15.2 Å². The van der Waals surface area contributed by atoms with Crippen molar-refractivity contribution in [3.8, 4) is 0 Å². The molecule has 1 aromatic carbocycles. The van der Waals surface area contributed by atoms with Crippen molar-refractivity contribution < 1.29 is 19.1 Å². The van der Waals surface area contributed by atoms with Crippen LogP contribution in [0.2, 0.25) is 0 Å². The molecular weight excluding hydrogens is 308 g/mol. The fourth-order valence-electron chi connectivity index (χ4n) is 2.17. The minimum absolute atomic E-state index is 0.0748. The van der Waals surface area contributed by atoms with E-state index < -0.39 is 11.9 Å². The van der Waals surface area contributed by atoms with Gasteiger partial charge in [-0.2, -0.15) is 0 Å². The van der Waals surface area contributed by atoms with Gasteiger partial charge >= 0.3 is 11.9 Å². The Morgan fingerprint density at radius 1 is 1.12 bits per heavy atom. The Morgan fingerprint density at radius 3 is 2.38 bits per heavy atom. The Balaban J connectivity index is 2.82. The van der Waals surface area contributed by atoms with Crippen LogP contribution in [0.25, 0.3) is 0 Å². The lowest BCUT2D eigenvalue weighted by atomic mass is 10.1. The quantitative estimate of drug-likeness (QED) is 0.551. The van der Waals surface area contributed by atoms with Crippen molar-refractivity contribution in [3.63, 3.8) is 0 Å². The van der Waals surface area contributed by atoms with E-state index in [0.29, 0.717) is 6.54 Å². The van der Waals surface area contributed by atoms with Gasteiger partial charge in [0.2, 0.25) is 0 Å². The molecule has 0 radical (unpaired) electrons. The Labute approximate surface area is 143 Å². The average Bonchev–Trinajstić information content (AvgIpc) is 2.56. The number of anilines is 1. The number of carbonyl (C=O) groups is 2. The van der Waals surface area contributed by atoms with Gasteiger partial charge < -0.3 is 20.1 Å². The Hall–Kier alpha value is -2.08. The molecule has 2 N–H and O–H groups in total. The van der Waals surface area contributed by atoms with E-state index in [0.717, 1.165) is 13.1 Å². The maximum Gasteiger partial charge on any atom is 0.341 e. The fourth-order valence-corrected chi connectivity index (χ4v) is 2.17. The van der Waals surface area contributed by atoms with Gasteiger partial charge in [0.1, 0.15) is 6.61 Å². The van der Waals surface area contributed by atoms with Gasteiger partial charge in [-0.25, -0.2) is 9.59 Å². The largest absolute Gasteiger partial charge is 0.462 e. The summed E-state index contributed by atoms with van der Waals surface area (Å²) in [5.41, 5.74) is 6.31. The number of benzene rings is 1.